The van der Waals surface area contributed by atoms with Crippen LogP contribution < -0.4 is 4.52 Å². The lowest BCUT2D eigenvalue weighted by molar-refractivity contribution is 0.185. The van der Waals surface area contributed by atoms with E-state index >= 15 is 0 Å². The van der Waals surface area contributed by atoms with E-state index in [-0.39, 0.29) is 22.7 Å². The summed E-state index contributed by atoms with van der Waals surface area (Å²) in [7, 11) is -2.48. The zero-order chi connectivity index (χ0) is 13.8. The molecule has 6 nitrogen and oxygen atoms in total. The van der Waals surface area contributed by atoms with Crippen LogP contribution >= 0.6 is 31.0 Å². The molecule has 0 saturated heterocycles. The molecule has 0 aliphatic rings. The molecule has 0 amide bonds. The predicted molar refractivity (Wildman–Crippen MR) is 69.4 cm³/mol. The number of nitrogens with zero attached hydrogens (tertiary/aromatic N) is 2. The van der Waals surface area contributed by atoms with Crippen LogP contribution in [0.15, 0.2) is 0 Å². The Bertz CT molecular complexity index is 452. The Morgan fingerprint density at radius 3 is 2.56 bits per heavy atom. The van der Waals surface area contributed by atoms with E-state index in [0.29, 0.717) is 6.54 Å². The van der Waals surface area contributed by atoms with Crippen LogP contribution in [0.2, 0.25) is 10.2 Å². The highest BCUT2D eigenvalue weighted by Crippen LogP contribution is 2.50. The summed E-state index contributed by atoms with van der Waals surface area (Å²) >= 11 is 11.9. The van der Waals surface area contributed by atoms with Gasteiger partial charge in [-0.05, 0) is 13.3 Å². The Morgan fingerprint density at radius 1 is 1.39 bits per heavy atom. The topological polar surface area (TPSA) is 62.6 Å². The molecule has 0 radical (unpaired) electrons. The third-order valence-electron chi connectivity index (χ3n) is 1.95. The van der Waals surface area contributed by atoms with E-state index < -0.39 is 7.82 Å². The van der Waals surface area contributed by atoms with E-state index in [2.05, 4.69) is 5.10 Å². The Kier molecular flexibility index (Phi) is 5.95. The lowest BCUT2D eigenvalue weighted by atomic mass is 10.5. The van der Waals surface area contributed by atoms with Crippen LogP contribution in [0.4, 0.5) is 0 Å². The fourth-order valence-electron chi connectivity index (χ4n) is 1.20. The molecule has 1 rings (SSSR count). The number of rotatable bonds is 7. The molecular weight excluding hydrogens is 302 g/mol. The minimum absolute atomic E-state index is 0.0613. The van der Waals surface area contributed by atoms with Crippen molar-refractivity contribution >= 4 is 31.0 Å². The fourth-order valence-corrected chi connectivity index (χ4v) is 2.52. The molecule has 1 unspecified atom stereocenters. The molecule has 1 heterocycles. The fraction of sp³-hybridized carbons (Fsp3) is 0.667. The Hall–Kier alpha value is -0.260. The van der Waals surface area contributed by atoms with Crippen molar-refractivity contribution in [2.24, 2.45) is 0 Å². The molecule has 0 aliphatic carbocycles. The van der Waals surface area contributed by atoms with E-state index in [9.17, 15) is 4.57 Å². The molecule has 0 fully saturated rings. The van der Waals surface area contributed by atoms with E-state index in [1.54, 1.807) is 6.92 Å². The first-order valence-electron chi connectivity index (χ1n) is 5.39. The summed E-state index contributed by atoms with van der Waals surface area (Å²) in [6.45, 7) is 4.38. The van der Waals surface area contributed by atoms with Gasteiger partial charge < -0.3 is 4.52 Å². The summed E-state index contributed by atoms with van der Waals surface area (Å²) in [5, 5.41) is 4.33. The van der Waals surface area contributed by atoms with Crippen molar-refractivity contribution in [1.82, 2.24) is 9.78 Å². The van der Waals surface area contributed by atoms with Crippen molar-refractivity contribution in [2.45, 2.75) is 26.8 Å². The zero-order valence-electron chi connectivity index (χ0n) is 10.4. The monoisotopic (exact) mass is 316 g/mol. The average Bonchev–Trinajstić information content (AvgIpc) is 2.59. The van der Waals surface area contributed by atoms with Crippen molar-refractivity contribution in [3.8, 4) is 5.88 Å². The predicted octanol–water partition coefficient (Wildman–Crippen LogP) is 3.77. The number of aromatic nitrogens is 2. The first-order valence-corrected chi connectivity index (χ1v) is 7.60. The summed E-state index contributed by atoms with van der Waals surface area (Å²) < 4.78 is 28.1. The second-order valence-corrected chi connectivity index (χ2v) is 5.71. The highest BCUT2D eigenvalue weighted by atomic mass is 35.5. The number of halogens is 2. The average molecular weight is 317 g/mol. The largest absolute Gasteiger partial charge is 0.531 e. The SMILES string of the molecule is CCCn1nc(OP(=O)(OC)OCC)c(Cl)c1Cl. The van der Waals surface area contributed by atoms with Crippen LogP contribution in [-0.4, -0.2) is 23.5 Å². The molecule has 9 heteroatoms. The van der Waals surface area contributed by atoms with Crippen LogP contribution in [0.5, 0.6) is 5.88 Å². The summed E-state index contributed by atoms with van der Waals surface area (Å²) in [6.07, 6.45) is 0.824. The highest BCUT2D eigenvalue weighted by molar-refractivity contribution is 7.48. The summed E-state index contributed by atoms with van der Waals surface area (Å²) in [4.78, 5) is 0. The Labute approximate surface area is 116 Å². The van der Waals surface area contributed by atoms with Crippen molar-refractivity contribution in [3.05, 3.63) is 10.2 Å². The molecular formula is C9H15Cl2N2O4P. The third-order valence-corrected chi connectivity index (χ3v) is 4.19. The first kappa shape index (κ1) is 15.8. The standard InChI is InChI=1S/C9H15Cl2N2O4P/c1-4-6-13-8(11)7(10)9(12-13)17-18(14,15-3)16-5-2/h4-6H2,1-3H3. The van der Waals surface area contributed by atoms with Crippen molar-refractivity contribution < 1.29 is 18.1 Å². The van der Waals surface area contributed by atoms with E-state index in [4.69, 9.17) is 36.8 Å². The molecule has 1 aromatic rings. The van der Waals surface area contributed by atoms with Gasteiger partial charge in [-0.3, -0.25) is 9.05 Å². The maximum atomic E-state index is 12.0. The Morgan fingerprint density at radius 2 is 2.06 bits per heavy atom. The molecule has 0 bridgehead atoms. The van der Waals surface area contributed by atoms with Crippen LogP contribution in [-0.2, 0) is 20.2 Å². The van der Waals surface area contributed by atoms with Crippen LogP contribution in [0, 0.1) is 0 Å². The van der Waals surface area contributed by atoms with Gasteiger partial charge in [-0.2, -0.15) is 0 Å². The van der Waals surface area contributed by atoms with Gasteiger partial charge in [0.1, 0.15) is 10.2 Å². The van der Waals surface area contributed by atoms with Gasteiger partial charge in [-0.1, -0.05) is 30.1 Å². The molecule has 0 spiro atoms. The zero-order valence-corrected chi connectivity index (χ0v) is 12.8. The van der Waals surface area contributed by atoms with E-state index in [1.165, 1.54) is 11.8 Å². The molecule has 0 saturated carbocycles. The van der Waals surface area contributed by atoms with Crippen LogP contribution in [0.3, 0.4) is 0 Å². The number of phosphoric acid groups is 1. The third kappa shape index (κ3) is 3.62. The highest BCUT2D eigenvalue weighted by Gasteiger charge is 2.30. The second-order valence-electron chi connectivity index (χ2n) is 3.27. The van der Waals surface area contributed by atoms with Gasteiger partial charge in [-0.25, -0.2) is 9.25 Å². The summed E-state index contributed by atoms with van der Waals surface area (Å²) in [6, 6.07) is 0. The lowest BCUT2D eigenvalue weighted by Crippen LogP contribution is -2.02. The van der Waals surface area contributed by atoms with E-state index in [1.807, 2.05) is 6.92 Å². The van der Waals surface area contributed by atoms with Crippen LogP contribution in [0.25, 0.3) is 0 Å². The van der Waals surface area contributed by atoms with Gasteiger partial charge >= 0.3 is 7.82 Å². The number of hydrogen-bond donors (Lipinski definition) is 0. The molecule has 18 heavy (non-hydrogen) atoms. The molecule has 0 aliphatic heterocycles. The van der Waals surface area contributed by atoms with Crippen LogP contribution in [0.1, 0.15) is 20.3 Å². The molecule has 1 aromatic heterocycles. The number of aryl methyl sites for hydroxylation is 1. The van der Waals surface area contributed by atoms with Gasteiger partial charge in [0, 0.05) is 13.7 Å². The maximum Gasteiger partial charge on any atom is 0.531 e. The smallest absolute Gasteiger partial charge is 0.382 e. The van der Waals surface area contributed by atoms with Gasteiger partial charge in [0.2, 0.25) is 0 Å². The van der Waals surface area contributed by atoms with Crippen molar-refractivity contribution in [2.75, 3.05) is 13.7 Å². The Balaban J connectivity index is 2.97. The quantitative estimate of drug-likeness (QED) is 0.716. The minimum atomic E-state index is -3.69. The number of phosphoric ester groups is 1. The summed E-state index contributed by atoms with van der Waals surface area (Å²) in [5.41, 5.74) is 0. The lowest BCUT2D eigenvalue weighted by Gasteiger charge is -2.13. The van der Waals surface area contributed by atoms with Gasteiger partial charge in [0.05, 0.1) is 6.61 Å². The van der Waals surface area contributed by atoms with Crippen molar-refractivity contribution in [1.29, 1.82) is 0 Å². The van der Waals surface area contributed by atoms with Gasteiger partial charge in [0.25, 0.3) is 5.88 Å². The maximum absolute atomic E-state index is 12.0. The molecule has 104 valence electrons. The summed E-state index contributed by atoms with van der Waals surface area (Å²) in [5.74, 6) is -0.0613. The minimum Gasteiger partial charge on any atom is -0.382 e. The normalized spacial score (nSPS) is 14.5. The second kappa shape index (κ2) is 6.78. The molecule has 1 atom stereocenters. The van der Waals surface area contributed by atoms with Gasteiger partial charge in [0.15, 0.2) is 0 Å². The number of hydrogen-bond acceptors (Lipinski definition) is 5. The first-order chi connectivity index (χ1) is 8.47. The van der Waals surface area contributed by atoms with Crippen molar-refractivity contribution in [3.63, 3.8) is 0 Å². The van der Waals surface area contributed by atoms with Gasteiger partial charge in [-0.15, -0.1) is 5.10 Å². The van der Waals surface area contributed by atoms with E-state index in [0.717, 1.165) is 6.42 Å². The molecule has 0 N–H and O–H groups in total. The molecule has 0 aromatic carbocycles.